The number of halogens is 2. The first-order valence-corrected chi connectivity index (χ1v) is 9.34. The van der Waals surface area contributed by atoms with Crippen LogP contribution in [0.15, 0.2) is 81.7 Å². The Hall–Kier alpha value is -2.44. The topological polar surface area (TPSA) is 58.2 Å². The molecule has 0 saturated heterocycles. The summed E-state index contributed by atoms with van der Waals surface area (Å²) >= 11 is 6.74. The van der Waals surface area contributed by atoms with E-state index in [4.69, 9.17) is 0 Å². The summed E-state index contributed by atoms with van der Waals surface area (Å²) < 4.78 is 1.75. The number of carbonyl (C=O) groups excluding carboxylic acids is 2. The molecule has 0 saturated carbocycles. The molecule has 0 aliphatic carbocycles. The molecule has 0 aromatic heterocycles. The maximum absolute atomic E-state index is 12.4. The molecule has 6 heteroatoms. The Kier molecular flexibility index (Phi) is 5.85. The fourth-order valence-corrected chi connectivity index (χ4v) is 3.14. The maximum Gasteiger partial charge on any atom is 0.255 e. The molecule has 0 spiro atoms. The minimum Gasteiger partial charge on any atom is -0.322 e. The Labute approximate surface area is 167 Å². The molecule has 0 bridgehead atoms. The van der Waals surface area contributed by atoms with Crippen LogP contribution in [0.2, 0.25) is 0 Å². The zero-order chi connectivity index (χ0) is 18.5. The van der Waals surface area contributed by atoms with Gasteiger partial charge in [-0.1, -0.05) is 50.1 Å². The van der Waals surface area contributed by atoms with Gasteiger partial charge in [-0.2, -0.15) is 0 Å². The lowest BCUT2D eigenvalue weighted by Gasteiger charge is -2.08. The summed E-state index contributed by atoms with van der Waals surface area (Å²) in [6.45, 7) is 0. The van der Waals surface area contributed by atoms with Crippen molar-refractivity contribution in [2.24, 2.45) is 0 Å². The predicted molar refractivity (Wildman–Crippen MR) is 111 cm³/mol. The molecule has 130 valence electrons. The molecule has 0 radical (unpaired) electrons. The molecule has 26 heavy (non-hydrogen) atoms. The first-order chi connectivity index (χ1) is 12.5. The molecule has 2 amide bonds. The number of hydrogen-bond acceptors (Lipinski definition) is 2. The Morgan fingerprint density at radius 3 is 1.46 bits per heavy atom. The largest absolute Gasteiger partial charge is 0.322 e. The molecule has 2 N–H and O–H groups in total. The fraction of sp³-hybridized carbons (Fsp3) is 0. The van der Waals surface area contributed by atoms with Crippen molar-refractivity contribution in [2.45, 2.75) is 0 Å². The Balaban J connectivity index is 1.75. The predicted octanol–water partition coefficient (Wildman–Crippen LogP) is 5.72. The van der Waals surface area contributed by atoms with Crippen molar-refractivity contribution in [3.63, 3.8) is 0 Å². The zero-order valence-electron chi connectivity index (χ0n) is 13.5. The van der Waals surface area contributed by atoms with E-state index in [9.17, 15) is 9.59 Å². The summed E-state index contributed by atoms with van der Waals surface area (Å²) in [6.07, 6.45) is 0. The second-order valence-corrected chi connectivity index (χ2v) is 7.34. The normalized spacial score (nSPS) is 10.2. The van der Waals surface area contributed by atoms with Gasteiger partial charge in [-0.15, -0.1) is 0 Å². The molecule has 0 atom stereocenters. The standard InChI is InChI=1S/C20H14Br2N2O2/c21-15-6-2-8-17(11-15)23-19(25)13-4-1-5-14(10-13)20(26)24-18-9-3-7-16(22)12-18/h1-12H,(H,23,25)(H,24,26). The lowest BCUT2D eigenvalue weighted by atomic mass is 10.1. The van der Waals surface area contributed by atoms with E-state index in [2.05, 4.69) is 42.5 Å². The van der Waals surface area contributed by atoms with Gasteiger partial charge in [0.1, 0.15) is 0 Å². The molecule has 0 fully saturated rings. The van der Waals surface area contributed by atoms with E-state index in [-0.39, 0.29) is 11.8 Å². The van der Waals surface area contributed by atoms with Crippen molar-refractivity contribution in [3.05, 3.63) is 92.9 Å². The average Bonchev–Trinajstić information content (AvgIpc) is 2.62. The molecular weight excluding hydrogens is 460 g/mol. The third-order valence-electron chi connectivity index (χ3n) is 3.55. The third-order valence-corrected chi connectivity index (χ3v) is 4.54. The van der Waals surface area contributed by atoms with Crippen LogP contribution in [0.4, 0.5) is 11.4 Å². The van der Waals surface area contributed by atoms with Crippen LogP contribution in [0.3, 0.4) is 0 Å². The van der Waals surface area contributed by atoms with Crippen LogP contribution in [0.25, 0.3) is 0 Å². The Bertz CT molecular complexity index is 899. The van der Waals surface area contributed by atoms with Gasteiger partial charge in [-0.25, -0.2) is 0 Å². The number of anilines is 2. The van der Waals surface area contributed by atoms with E-state index in [0.717, 1.165) is 8.95 Å². The van der Waals surface area contributed by atoms with Crippen molar-refractivity contribution < 1.29 is 9.59 Å². The second kappa shape index (κ2) is 8.29. The third kappa shape index (κ3) is 4.80. The quantitative estimate of drug-likeness (QED) is 0.509. The van der Waals surface area contributed by atoms with E-state index in [1.54, 1.807) is 36.4 Å². The van der Waals surface area contributed by atoms with Crippen molar-refractivity contribution in [1.82, 2.24) is 0 Å². The molecular formula is C20H14Br2N2O2. The summed E-state index contributed by atoms with van der Waals surface area (Å²) in [6, 6.07) is 21.2. The number of carbonyl (C=O) groups is 2. The number of amides is 2. The van der Waals surface area contributed by atoms with E-state index in [1.807, 2.05) is 36.4 Å². The smallest absolute Gasteiger partial charge is 0.255 e. The SMILES string of the molecule is O=C(Nc1cccc(Br)c1)c1cccc(C(=O)Nc2cccc(Br)c2)c1. The van der Waals surface area contributed by atoms with E-state index in [0.29, 0.717) is 22.5 Å². The Morgan fingerprint density at radius 2 is 1.04 bits per heavy atom. The zero-order valence-corrected chi connectivity index (χ0v) is 16.7. The van der Waals surface area contributed by atoms with Gasteiger partial charge in [0.2, 0.25) is 0 Å². The van der Waals surface area contributed by atoms with Gasteiger partial charge in [-0.05, 0) is 54.6 Å². The van der Waals surface area contributed by atoms with Gasteiger partial charge in [-0.3, -0.25) is 9.59 Å². The Morgan fingerprint density at radius 1 is 0.615 bits per heavy atom. The second-order valence-electron chi connectivity index (χ2n) is 5.51. The van der Waals surface area contributed by atoms with Crippen LogP contribution in [0.1, 0.15) is 20.7 Å². The summed E-state index contributed by atoms with van der Waals surface area (Å²) in [5.74, 6) is -0.555. The highest BCUT2D eigenvalue weighted by molar-refractivity contribution is 9.10. The average molecular weight is 474 g/mol. The molecule has 4 nitrogen and oxygen atoms in total. The fourth-order valence-electron chi connectivity index (χ4n) is 2.34. The van der Waals surface area contributed by atoms with Crippen LogP contribution in [0.5, 0.6) is 0 Å². The van der Waals surface area contributed by atoms with Crippen LogP contribution in [-0.2, 0) is 0 Å². The van der Waals surface area contributed by atoms with Gasteiger partial charge in [0.05, 0.1) is 0 Å². The van der Waals surface area contributed by atoms with E-state index < -0.39 is 0 Å². The monoisotopic (exact) mass is 472 g/mol. The molecule has 3 aromatic rings. The van der Waals surface area contributed by atoms with Gasteiger partial charge in [0.25, 0.3) is 11.8 Å². The van der Waals surface area contributed by atoms with Crippen LogP contribution in [0, 0.1) is 0 Å². The van der Waals surface area contributed by atoms with Crippen LogP contribution in [-0.4, -0.2) is 11.8 Å². The van der Waals surface area contributed by atoms with Crippen LogP contribution >= 0.6 is 31.9 Å². The number of hydrogen-bond donors (Lipinski definition) is 2. The summed E-state index contributed by atoms with van der Waals surface area (Å²) in [5, 5.41) is 5.63. The van der Waals surface area contributed by atoms with Crippen molar-refractivity contribution in [2.75, 3.05) is 10.6 Å². The lowest BCUT2D eigenvalue weighted by Crippen LogP contribution is -2.15. The highest BCUT2D eigenvalue weighted by Gasteiger charge is 2.11. The molecule has 3 aromatic carbocycles. The van der Waals surface area contributed by atoms with Crippen molar-refractivity contribution in [1.29, 1.82) is 0 Å². The highest BCUT2D eigenvalue weighted by Crippen LogP contribution is 2.18. The van der Waals surface area contributed by atoms with E-state index >= 15 is 0 Å². The highest BCUT2D eigenvalue weighted by atomic mass is 79.9. The number of benzene rings is 3. The first-order valence-electron chi connectivity index (χ1n) is 7.75. The minimum absolute atomic E-state index is 0.278. The molecule has 0 aliphatic heterocycles. The molecule has 3 rings (SSSR count). The molecule has 0 aliphatic rings. The maximum atomic E-state index is 12.4. The minimum atomic E-state index is -0.278. The molecule has 0 unspecified atom stereocenters. The van der Waals surface area contributed by atoms with Crippen molar-refractivity contribution >= 4 is 55.0 Å². The van der Waals surface area contributed by atoms with Gasteiger partial charge in [0, 0.05) is 31.4 Å². The summed E-state index contributed by atoms with van der Waals surface area (Å²) in [4.78, 5) is 24.9. The van der Waals surface area contributed by atoms with Crippen LogP contribution < -0.4 is 10.6 Å². The summed E-state index contributed by atoms with van der Waals surface area (Å²) in [7, 11) is 0. The van der Waals surface area contributed by atoms with Gasteiger partial charge >= 0.3 is 0 Å². The summed E-state index contributed by atoms with van der Waals surface area (Å²) in [5.41, 5.74) is 2.17. The lowest BCUT2D eigenvalue weighted by molar-refractivity contribution is 0.102. The molecule has 0 heterocycles. The van der Waals surface area contributed by atoms with E-state index in [1.165, 1.54) is 0 Å². The number of rotatable bonds is 4. The van der Waals surface area contributed by atoms with Gasteiger partial charge in [0.15, 0.2) is 0 Å². The number of nitrogens with one attached hydrogen (secondary N) is 2. The van der Waals surface area contributed by atoms with Gasteiger partial charge < -0.3 is 10.6 Å². The first kappa shape index (κ1) is 18.4. The van der Waals surface area contributed by atoms with Crippen molar-refractivity contribution in [3.8, 4) is 0 Å².